The third kappa shape index (κ3) is 3.15. The number of hydrogen-bond acceptors (Lipinski definition) is 2. The monoisotopic (exact) mass is 234 g/mol. The second-order valence-corrected chi connectivity index (χ2v) is 3.03. The minimum atomic E-state index is -3.26. The number of carbonyl (C=O) groups is 2. The highest BCUT2D eigenvalue weighted by Crippen LogP contribution is 2.11. The lowest BCUT2D eigenvalue weighted by Gasteiger charge is -2.01. The highest BCUT2D eigenvalue weighted by molar-refractivity contribution is 6.08. The van der Waals surface area contributed by atoms with E-state index < -0.39 is 41.6 Å². The molecule has 0 saturated heterocycles. The Morgan fingerprint density at radius 1 is 1.06 bits per heavy atom. The molecule has 0 N–H and O–H groups in total. The SMILES string of the molecule is O=C(CC(=O)C(F)F)c1cc(F)cc(F)c1. The predicted molar refractivity (Wildman–Crippen MR) is 46.3 cm³/mol. The Bertz CT molecular complexity index is 409. The summed E-state index contributed by atoms with van der Waals surface area (Å²) in [6, 6.07) is 1.90. The highest BCUT2D eigenvalue weighted by atomic mass is 19.3. The maximum Gasteiger partial charge on any atom is 0.296 e. The van der Waals surface area contributed by atoms with Gasteiger partial charge < -0.3 is 0 Å². The summed E-state index contributed by atoms with van der Waals surface area (Å²) < 4.78 is 48.9. The molecule has 0 fully saturated rings. The van der Waals surface area contributed by atoms with Crippen LogP contribution in [0.2, 0.25) is 0 Å². The molecule has 1 aromatic rings. The third-order valence-corrected chi connectivity index (χ3v) is 1.76. The lowest BCUT2D eigenvalue weighted by Crippen LogP contribution is -2.15. The first kappa shape index (κ1) is 12.4. The molecule has 0 heterocycles. The number of rotatable bonds is 4. The minimum absolute atomic E-state index is 0.438. The van der Waals surface area contributed by atoms with Gasteiger partial charge in [-0.05, 0) is 12.1 Å². The maximum absolute atomic E-state index is 12.7. The van der Waals surface area contributed by atoms with Gasteiger partial charge in [0.05, 0.1) is 6.42 Å². The smallest absolute Gasteiger partial charge is 0.294 e. The van der Waals surface area contributed by atoms with Crippen molar-refractivity contribution in [1.29, 1.82) is 0 Å². The van der Waals surface area contributed by atoms with Gasteiger partial charge in [-0.1, -0.05) is 0 Å². The number of ketones is 2. The zero-order valence-corrected chi connectivity index (χ0v) is 7.84. The zero-order chi connectivity index (χ0) is 12.3. The van der Waals surface area contributed by atoms with Crippen LogP contribution in [0.25, 0.3) is 0 Å². The molecule has 0 aliphatic heterocycles. The molecule has 0 aliphatic rings. The van der Waals surface area contributed by atoms with Gasteiger partial charge in [0.1, 0.15) is 11.6 Å². The summed E-state index contributed by atoms with van der Waals surface area (Å²) >= 11 is 0. The van der Waals surface area contributed by atoms with Gasteiger partial charge in [-0.2, -0.15) is 0 Å². The number of alkyl halides is 2. The van der Waals surface area contributed by atoms with Gasteiger partial charge in [-0.15, -0.1) is 0 Å². The molecule has 86 valence electrons. The van der Waals surface area contributed by atoms with E-state index in [4.69, 9.17) is 0 Å². The standard InChI is InChI=1S/C10H6F4O2/c11-6-1-5(2-7(12)3-6)8(15)4-9(16)10(13)14/h1-3,10H,4H2. The molecule has 0 saturated carbocycles. The molecule has 2 nitrogen and oxygen atoms in total. The van der Waals surface area contributed by atoms with Crippen molar-refractivity contribution >= 4 is 11.6 Å². The van der Waals surface area contributed by atoms with E-state index >= 15 is 0 Å². The number of benzene rings is 1. The molecule has 0 aromatic heterocycles. The molecule has 0 atom stereocenters. The molecule has 0 amide bonds. The van der Waals surface area contributed by atoms with Crippen LogP contribution in [0.5, 0.6) is 0 Å². The number of carbonyl (C=O) groups excluding carboxylic acids is 2. The van der Waals surface area contributed by atoms with E-state index in [0.29, 0.717) is 18.2 Å². The van der Waals surface area contributed by atoms with Crippen LogP contribution in [-0.2, 0) is 4.79 Å². The van der Waals surface area contributed by atoms with Crippen molar-refractivity contribution in [3.05, 3.63) is 35.4 Å². The lowest BCUT2D eigenvalue weighted by molar-refractivity contribution is -0.128. The third-order valence-electron chi connectivity index (χ3n) is 1.76. The number of Topliss-reactive ketones (excluding diaryl/α,β-unsaturated/α-hetero) is 2. The van der Waals surface area contributed by atoms with E-state index in [2.05, 4.69) is 0 Å². The first-order valence-electron chi connectivity index (χ1n) is 4.20. The van der Waals surface area contributed by atoms with Gasteiger partial charge in [0.25, 0.3) is 6.43 Å². The summed E-state index contributed by atoms with van der Waals surface area (Å²) in [5.41, 5.74) is -0.438. The quantitative estimate of drug-likeness (QED) is 0.455. The topological polar surface area (TPSA) is 34.1 Å². The summed E-state index contributed by atoms with van der Waals surface area (Å²) in [6.07, 6.45) is -4.33. The van der Waals surface area contributed by atoms with Gasteiger partial charge in [0, 0.05) is 11.6 Å². The lowest BCUT2D eigenvalue weighted by atomic mass is 10.1. The highest BCUT2D eigenvalue weighted by Gasteiger charge is 2.20. The zero-order valence-electron chi connectivity index (χ0n) is 7.84. The van der Waals surface area contributed by atoms with Gasteiger partial charge in [0.2, 0.25) is 5.78 Å². The average Bonchev–Trinajstić information content (AvgIpc) is 2.15. The Labute approximate surface area is 87.9 Å². The Hall–Kier alpha value is -1.72. The van der Waals surface area contributed by atoms with Gasteiger partial charge in [0.15, 0.2) is 5.78 Å². The second-order valence-electron chi connectivity index (χ2n) is 3.03. The van der Waals surface area contributed by atoms with Crippen LogP contribution < -0.4 is 0 Å². The average molecular weight is 234 g/mol. The van der Waals surface area contributed by atoms with Crippen LogP contribution in [0.15, 0.2) is 18.2 Å². The van der Waals surface area contributed by atoms with E-state index in [0.717, 1.165) is 0 Å². The van der Waals surface area contributed by atoms with Crippen molar-refractivity contribution in [3.63, 3.8) is 0 Å². The molecule has 0 bridgehead atoms. The first-order valence-corrected chi connectivity index (χ1v) is 4.20. The van der Waals surface area contributed by atoms with Crippen LogP contribution in [-0.4, -0.2) is 18.0 Å². The minimum Gasteiger partial charge on any atom is -0.294 e. The van der Waals surface area contributed by atoms with Crippen LogP contribution in [0.3, 0.4) is 0 Å². The molecule has 1 rings (SSSR count). The predicted octanol–water partition coefficient (Wildman–Crippen LogP) is 2.37. The van der Waals surface area contributed by atoms with Gasteiger partial charge >= 0.3 is 0 Å². The van der Waals surface area contributed by atoms with E-state index in [1.165, 1.54) is 0 Å². The first-order chi connectivity index (χ1) is 7.40. The fourth-order valence-electron chi connectivity index (χ4n) is 1.05. The maximum atomic E-state index is 12.7. The Morgan fingerprint density at radius 3 is 2.00 bits per heavy atom. The van der Waals surface area contributed by atoms with Crippen molar-refractivity contribution < 1.29 is 27.2 Å². The molecule has 0 aliphatic carbocycles. The van der Waals surface area contributed by atoms with Crippen molar-refractivity contribution in [3.8, 4) is 0 Å². The number of halogens is 4. The van der Waals surface area contributed by atoms with Gasteiger partial charge in [-0.25, -0.2) is 17.6 Å². The van der Waals surface area contributed by atoms with E-state index in [1.54, 1.807) is 0 Å². The van der Waals surface area contributed by atoms with Crippen molar-refractivity contribution in [2.45, 2.75) is 12.8 Å². The fraction of sp³-hybridized carbons (Fsp3) is 0.200. The van der Waals surface area contributed by atoms with Crippen LogP contribution in [0, 0.1) is 11.6 Å². The summed E-state index contributed by atoms with van der Waals surface area (Å²) in [4.78, 5) is 21.7. The summed E-state index contributed by atoms with van der Waals surface area (Å²) in [7, 11) is 0. The Kier molecular flexibility index (Phi) is 3.76. The Balaban J connectivity index is 2.85. The van der Waals surface area contributed by atoms with E-state index in [1.807, 2.05) is 0 Å². The fourth-order valence-corrected chi connectivity index (χ4v) is 1.05. The second kappa shape index (κ2) is 4.87. The van der Waals surface area contributed by atoms with Gasteiger partial charge in [-0.3, -0.25) is 9.59 Å². The molecule has 16 heavy (non-hydrogen) atoms. The summed E-state index contributed by atoms with van der Waals surface area (Å²) in [6.45, 7) is 0. The molecule has 6 heteroatoms. The van der Waals surface area contributed by atoms with Crippen molar-refractivity contribution in [2.24, 2.45) is 0 Å². The van der Waals surface area contributed by atoms with Crippen molar-refractivity contribution in [2.75, 3.05) is 0 Å². The summed E-state index contributed by atoms with van der Waals surface area (Å²) in [5.74, 6) is -4.63. The van der Waals surface area contributed by atoms with E-state index in [-0.39, 0.29) is 0 Å². The van der Waals surface area contributed by atoms with Crippen LogP contribution in [0.1, 0.15) is 16.8 Å². The normalized spacial score (nSPS) is 10.6. The van der Waals surface area contributed by atoms with Crippen LogP contribution >= 0.6 is 0 Å². The molecule has 0 radical (unpaired) electrons. The van der Waals surface area contributed by atoms with Crippen molar-refractivity contribution in [1.82, 2.24) is 0 Å². The van der Waals surface area contributed by atoms with E-state index in [9.17, 15) is 27.2 Å². The number of hydrogen-bond donors (Lipinski definition) is 0. The molecule has 1 aromatic carbocycles. The molecular weight excluding hydrogens is 228 g/mol. The summed E-state index contributed by atoms with van der Waals surface area (Å²) in [5, 5.41) is 0. The molecular formula is C10H6F4O2. The molecule has 0 spiro atoms. The Morgan fingerprint density at radius 2 is 1.56 bits per heavy atom. The molecule has 0 unspecified atom stereocenters. The largest absolute Gasteiger partial charge is 0.296 e. The van der Waals surface area contributed by atoms with Crippen LogP contribution in [0.4, 0.5) is 17.6 Å².